The van der Waals surface area contributed by atoms with Gasteiger partial charge < -0.3 is 0 Å². The molecule has 0 bridgehead atoms. The fourth-order valence-electron chi connectivity index (χ4n) is 3.74. The Morgan fingerprint density at radius 3 is 2.28 bits per heavy atom. The molecule has 1 aliphatic rings. The van der Waals surface area contributed by atoms with E-state index < -0.39 is 0 Å². The predicted molar refractivity (Wildman–Crippen MR) is 105 cm³/mol. The van der Waals surface area contributed by atoms with Crippen LogP contribution in [0.1, 0.15) is 80.2 Å². The zero-order chi connectivity index (χ0) is 18.2. The number of aromatic nitrogens is 1. The van der Waals surface area contributed by atoms with Crippen molar-refractivity contribution in [1.29, 1.82) is 0 Å². The Balaban J connectivity index is 1.99. The van der Waals surface area contributed by atoms with Gasteiger partial charge in [0.05, 0.1) is 0 Å². The molecular weight excluding hydrogens is 306 g/mol. The van der Waals surface area contributed by atoms with Crippen LogP contribution in [0, 0.1) is 0 Å². The van der Waals surface area contributed by atoms with Gasteiger partial charge in [0.15, 0.2) is 6.29 Å². The third kappa shape index (κ3) is 3.44. The van der Waals surface area contributed by atoms with E-state index in [-0.39, 0.29) is 10.8 Å². The summed E-state index contributed by atoms with van der Waals surface area (Å²) >= 11 is 0. The van der Waals surface area contributed by atoms with Crippen LogP contribution in [0.25, 0.3) is 11.6 Å². The van der Waals surface area contributed by atoms with Gasteiger partial charge in [0.2, 0.25) is 0 Å². The quantitative estimate of drug-likeness (QED) is 0.664. The second-order valence-corrected chi connectivity index (χ2v) is 8.49. The molecule has 2 aromatic rings. The van der Waals surface area contributed by atoms with Gasteiger partial charge in [-0.2, -0.15) is 0 Å². The second kappa shape index (κ2) is 6.25. The molecule has 0 unspecified atom stereocenters. The van der Waals surface area contributed by atoms with Crippen LogP contribution < -0.4 is 0 Å². The Morgan fingerprint density at radius 1 is 1.00 bits per heavy atom. The summed E-state index contributed by atoms with van der Waals surface area (Å²) in [7, 11) is 0. The van der Waals surface area contributed by atoms with Crippen molar-refractivity contribution < 1.29 is 4.79 Å². The van der Waals surface area contributed by atoms with Gasteiger partial charge in [-0.15, -0.1) is 0 Å². The van der Waals surface area contributed by atoms with Gasteiger partial charge in [-0.05, 0) is 64.5 Å². The van der Waals surface area contributed by atoms with Crippen LogP contribution >= 0.6 is 0 Å². The lowest BCUT2D eigenvalue weighted by molar-refractivity contribution is 0.111. The topological polar surface area (TPSA) is 30.0 Å². The number of carbonyl (C=O) groups excluding carboxylic acids is 1. The maximum absolute atomic E-state index is 10.8. The van der Waals surface area contributed by atoms with E-state index in [1.54, 1.807) is 12.3 Å². The molecule has 0 radical (unpaired) electrons. The van der Waals surface area contributed by atoms with E-state index in [0.717, 1.165) is 17.4 Å². The molecule has 1 aromatic heterocycles. The van der Waals surface area contributed by atoms with Crippen LogP contribution in [0.2, 0.25) is 0 Å². The summed E-state index contributed by atoms with van der Waals surface area (Å²) in [6, 6.07) is 10.6. The Bertz CT molecular complexity index is 826. The molecule has 1 aliphatic carbocycles. The summed E-state index contributed by atoms with van der Waals surface area (Å²) in [6.45, 7) is 11.5. The molecule has 0 spiro atoms. The van der Waals surface area contributed by atoms with E-state index in [2.05, 4.69) is 63.9 Å². The zero-order valence-electron chi connectivity index (χ0n) is 15.9. The first-order valence-electron chi connectivity index (χ1n) is 8.98. The fraction of sp³-hybridized carbons (Fsp3) is 0.391. The maximum atomic E-state index is 10.8. The number of allylic oxidation sites excluding steroid dienone is 1. The molecular formula is C23H27NO. The zero-order valence-corrected chi connectivity index (χ0v) is 15.9. The number of fused-ring (bicyclic) bond motifs is 1. The Hall–Kier alpha value is -2.22. The number of rotatable bonds is 3. The van der Waals surface area contributed by atoms with Gasteiger partial charge >= 0.3 is 0 Å². The third-order valence-electron chi connectivity index (χ3n) is 5.62. The van der Waals surface area contributed by atoms with Gasteiger partial charge in [0, 0.05) is 6.20 Å². The summed E-state index contributed by atoms with van der Waals surface area (Å²) in [5.74, 6) is 0. The predicted octanol–water partition coefficient (Wildman–Crippen LogP) is 5.80. The first kappa shape index (κ1) is 17.6. The highest BCUT2D eigenvalue weighted by molar-refractivity contribution is 5.81. The van der Waals surface area contributed by atoms with Gasteiger partial charge in [-0.25, -0.2) is 0 Å². The van der Waals surface area contributed by atoms with Crippen LogP contribution in [-0.4, -0.2) is 11.3 Å². The first-order valence-corrected chi connectivity index (χ1v) is 8.98. The Labute approximate surface area is 151 Å². The molecule has 0 fully saturated rings. The number of hydrogen-bond donors (Lipinski definition) is 0. The Kier molecular flexibility index (Phi) is 4.40. The second-order valence-electron chi connectivity index (χ2n) is 8.49. The van der Waals surface area contributed by atoms with E-state index in [0.29, 0.717) is 5.69 Å². The number of carbonyl (C=O) groups is 1. The number of hydrogen-bond acceptors (Lipinski definition) is 2. The molecule has 25 heavy (non-hydrogen) atoms. The van der Waals surface area contributed by atoms with Crippen LogP contribution in [0.5, 0.6) is 0 Å². The fourth-order valence-corrected chi connectivity index (χ4v) is 3.74. The number of nitrogens with zero attached hydrogens (tertiary/aromatic N) is 1. The number of benzene rings is 1. The molecule has 130 valence electrons. The van der Waals surface area contributed by atoms with Crippen LogP contribution in [0.4, 0.5) is 0 Å². The molecule has 0 atom stereocenters. The molecule has 2 nitrogen and oxygen atoms in total. The lowest BCUT2D eigenvalue weighted by atomic mass is 9.63. The van der Waals surface area contributed by atoms with Gasteiger partial charge in [-0.3, -0.25) is 9.78 Å². The van der Waals surface area contributed by atoms with E-state index in [1.807, 2.05) is 6.07 Å². The highest BCUT2D eigenvalue weighted by atomic mass is 16.1. The number of aldehydes is 1. The lowest BCUT2D eigenvalue weighted by Crippen LogP contribution is -2.33. The van der Waals surface area contributed by atoms with Gasteiger partial charge in [0.25, 0.3) is 0 Å². The molecule has 3 rings (SSSR count). The average molecular weight is 333 g/mol. The first-order chi connectivity index (χ1) is 11.7. The molecule has 0 saturated heterocycles. The highest BCUT2D eigenvalue weighted by Crippen LogP contribution is 2.46. The summed E-state index contributed by atoms with van der Waals surface area (Å²) in [5, 5.41) is 0. The van der Waals surface area contributed by atoms with Crippen LogP contribution in [0.3, 0.4) is 0 Å². The molecule has 0 saturated carbocycles. The average Bonchev–Trinajstić information content (AvgIpc) is 2.59. The van der Waals surface area contributed by atoms with E-state index >= 15 is 0 Å². The van der Waals surface area contributed by atoms with Crippen molar-refractivity contribution in [3.05, 3.63) is 64.5 Å². The van der Waals surface area contributed by atoms with E-state index in [1.165, 1.54) is 29.5 Å². The van der Waals surface area contributed by atoms with Crippen LogP contribution in [-0.2, 0) is 10.8 Å². The monoisotopic (exact) mass is 333 g/mol. The standard InChI is InChI=1S/C23H27NO/c1-16(18-7-8-19(15-25)24-14-18)12-17-6-9-20-21(13-17)23(4,5)11-10-22(20,2)3/h6-9,12-15H,10-11H2,1-5H3. The van der Waals surface area contributed by atoms with Crippen molar-refractivity contribution in [1.82, 2.24) is 4.98 Å². The summed E-state index contributed by atoms with van der Waals surface area (Å²) in [6.07, 6.45) is 7.19. The minimum Gasteiger partial charge on any atom is -0.296 e. The third-order valence-corrected chi connectivity index (χ3v) is 5.62. The van der Waals surface area contributed by atoms with Crippen molar-refractivity contribution in [2.75, 3.05) is 0 Å². The smallest absolute Gasteiger partial charge is 0.168 e. The molecule has 0 aliphatic heterocycles. The van der Waals surface area contributed by atoms with Crippen LogP contribution in [0.15, 0.2) is 36.5 Å². The van der Waals surface area contributed by atoms with Crippen molar-refractivity contribution >= 4 is 17.9 Å². The van der Waals surface area contributed by atoms with E-state index in [4.69, 9.17) is 0 Å². The molecule has 1 heterocycles. The maximum Gasteiger partial charge on any atom is 0.168 e. The lowest BCUT2D eigenvalue weighted by Gasteiger charge is -2.42. The summed E-state index contributed by atoms with van der Waals surface area (Å²) in [5.41, 5.74) is 7.30. The minimum atomic E-state index is 0.218. The summed E-state index contributed by atoms with van der Waals surface area (Å²) < 4.78 is 0. The minimum absolute atomic E-state index is 0.218. The van der Waals surface area contributed by atoms with Crippen molar-refractivity contribution in [3.8, 4) is 0 Å². The molecule has 0 N–H and O–H groups in total. The van der Waals surface area contributed by atoms with E-state index in [9.17, 15) is 4.79 Å². The van der Waals surface area contributed by atoms with Gasteiger partial charge in [-0.1, -0.05) is 58.0 Å². The SMILES string of the molecule is CC(=Cc1ccc2c(c1)C(C)(C)CCC2(C)C)c1ccc(C=O)nc1. The van der Waals surface area contributed by atoms with Crippen molar-refractivity contribution in [2.45, 2.75) is 58.3 Å². The molecule has 1 aromatic carbocycles. The summed E-state index contributed by atoms with van der Waals surface area (Å²) in [4.78, 5) is 14.9. The number of pyridine rings is 1. The largest absolute Gasteiger partial charge is 0.296 e. The Morgan fingerprint density at radius 2 is 1.68 bits per heavy atom. The highest BCUT2D eigenvalue weighted by Gasteiger charge is 2.36. The van der Waals surface area contributed by atoms with Gasteiger partial charge in [0.1, 0.15) is 5.69 Å². The molecule has 0 amide bonds. The normalized spacial score (nSPS) is 18.5. The van der Waals surface area contributed by atoms with Crippen molar-refractivity contribution in [3.63, 3.8) is 0 Å². The van der Waals surface area contributed by atoms with Crippen molar-refractivity contribution in [2.24, 2.45) is 0 Å². The molecule has 2 heteroatoms.